The lowest BCUT2D eigenvalue weighted by Gasteiger charge is -2.10. The van der Waals surface area contributed by atoms with Gasteiger partial charge in [0.1, 0.15) is 5.69 Å². The van der Waals surface area contributed by atoms with Crippen LogP contribution in [-0.2, 0) is 13.1 Å². The third-order valence-corrected chi connectivity index (χ3v) is 2.72. The molecular weight excluding hydrogens is 216 g/mol. The minimum atomic E-state index is -0.0959. The molecular formula is C12H16N4O. The van der Waals surface area contributed by atoms with Crippen molar-refractivity contribution in [3.05, 3.63) is 34.4 Å². The minimum Gasteiger partial charge on any atom is -0.325 e. The van der Waals surface area contributed by atoms with E-state index < -0.39 is 0 Å². The highest BCUT2D eigenvalue weighted by Crippen LogP contribution is 2.08. The van der Waals surface area contributed by atoms with Crippen LogP contribution in [0.25, 0.3) is 11.2 Å². The van der Waals surface area contributed by atoms with Crippen molar-refractivity contribution in [1.29, 1.82) is 0 Å². The Morgan fingerprint density at radius 3 is 3.00 bits per heavy atom. The molecule has 5 nitrogen and oxygen atoms in total. The van der Waals surface area contributed by atoms with Crippen molar-refractivity contribution in [2.45, 2.75) is 32.9 Å². The van der Waals surface area contributed by atoms with Gasteiger partial charge >= 0.3 is 0 Å². The van der Waals surface area contributed by atoms with E-state index in [0.29, 0.717) is 17.9 Å². The average Bonchev–Trinajstić information content (AvgIpc) is 2.37. The topological polar surface area (TPSA) is 73.8 Å². The quantitative estimate of drug-likeness (QED) is 0.855. The number of fused-ring (bicyclic) bond motifs is 1. The molecule has 0 bridgehead atoms. The Balaban J connectivity index is 2.66. The smallest absolute Gasteiger partial charge is 0.274 e. The van der Waals surface area contributed by atoms with E-state index in [0.717, 1.165) is 18.4 Å². The zero-order valence-electron chi connectivity index (χ0n) is 9.89. The Hall–Kier alpha value is -1.75. The molecule has 2 rings (SSSR count). The molecule has 0 amide bonds. The van der Waals surface area contributed by atoms with Crippen LogP contribution in [-0.4, -0.2) is 14.5 Å². The molecule has 0 aliphatic rings. The number of rotatable bonds is 4. The maximum Gasteiger partial charge on any atom is 0.274 e. The van der Waals surface area contributed by atoms with Crippen molar-refractivity contribution in [2.24, 2.45) is 5.73 Å². The van der Waals surface area contributed by atoms with Gasteiger partial charge in [-0.3, -0.25) is 4.79 Å². The second-order valence-electron chi connectivity index (χ2n) is 3.92. The van der Waals surface area contributed by atoms with Gasteiger partial charge in [-0.1, -0.05) is 13.3 Å². The Morgan fingerprint density at radius 2 is 2.29 bits per heavy atom. The zero-order chi connectivity index (χ0) is 12.3. The second kappa shape index (κ2) is 5.05. The molecule has 0 atom stereocenters. The van der Waals surface area contributed by atoms with Gasteiger partial charge in [0.15, 0.2) is 5.65 Å². The molecule has 0 aromatic carbocycles. The Bertz CT molecular complexity index is 576. The Morgan fingerprint density at radius 1 is 1.47 bits per heavy atom. The van der Waals surface area contributed by atoms with Gasteiger partial charge in [-0.15, -0.1) is 0 Å². The number of pyridine rings is 1. The summed E-state index contributed by atoms with van der Waals surface area (Å²) in [7, 11) is 0. The third kappa shape index (κ3) is 2.19. The molecule has 2 aromatic rings. The van der Waals surface area contributed by atoms with E-state index in [4.69, 9.17) is 5.73 Å². The summed E-state index contributed by atoms with van der Waals surface area (Å²) in [5, 5.41) is 0. The van der Waals surface area contributed by atoms with Gasteiger partial charge in [0.25, 0.3) is 5.56 Å². The van der Waals surface area contributed by atoms with E-state index in [-0.39, 0.29) is 12.1 Å². The number of unbranched alkanes of at least 4 members (excludes halogenated alkanes) is 1. The first-order chi connectivity index (χ1) is 8.27. The van der Waals surface area contributed by atoms with Gasteiger partial charge in [-0.05, 0) is 18.6 Å². The molecule has 0 aliphatic carbocycles. The van der Waals surface area contributed by atoms with Crippen LogP contribution in [0.15, 0.2) is 23.1 Å². The summed E-state index contributed by atoms with van der Waals surface area (Å²) >= 11 is 0. The first-order valence-electron chi connectivity index (χ1n) is 5.82. The van der Waals surface area contributed by atoms with Gasteiger partial charge in [0.2, 0.25) is 0 Å². The average molecular weight is 232 g/mol. The summed E-state index contributed by atoms with van der Waals surface area (Å²) in [5.74, 6) is 0. The summed E-state index contributed by atoms with van der Waals surface area (Å²) in [6, 6.07) is 3.68. The molecule has 0 saturated heterocycles. The maximum absolute atomic E-state index is 12.1. The molecule has 2 heterocycles. The van der Waals surface area contributed by atoms with Crippen LogP contribution in [0, 0.1) is 0 Å². The molecule has 0 aliphatic heterocycles. The van der Waals surface area contributed by atoms with Crippen LogP contribution in [0.1, 0.15) is 25.5 Å². The predicted molar refractivity (Wildman–Crippen MR) is 66.6 cm³/mol. The van der Waals surface area contributed by atoms with Crippen molar-refractivity contribution >= 4 is 11.2 Å². The maximum atomic E-state index is 12.1. The number of nitrogens with zero attached hydrogens (tertiary/aromatic N) is 3. The van der Waals surface area contributed by atoms with Crippen molar-refractivity contribution < 1.29 is 0 Å². The fourth-order valence-corrected chi connectivity index (χ4v) is 1.80. The number of aryl methyl sites for hydroxylation is 1. The van der Waals surface area contributed by atoms with Crippen molar-refractivity contribution in [1.82, 2.24) is 14.5 Å². The lowest BCUT2D eigenvalue weighted by Crippen LogP contribution is -2.27. The standard InChI is InChI=1S/C12H16N4O/c1-2-3-7-16-10-5-4-6-14-11(10)15-9(8-13)12(16)17/h4-6H,2-3,7-8,13H2,1H3. The second-order valence-corrected chi connectivity index (χ2v) is 3.92. The van der Waals surface area contributed by atoms with Gasteiger partial charge in [0.05, 0.1) is 5.52 Å². The number of aromatic nitrogens is 3. The lowest BCUT2D eigenvalue weighted by atomic mass is 10.3. The number of hydrogen-bond donors (Lipinski definition) is 1. The zero-order valence-corrected chi connectivity index (χ0v) is 9.89. The fourth-order valence-electron chi connectivity index (χ4n) is 1.80. The van der Waals surface area contributed by atoms with E-state index in [1.165, 1.54) is 0 Å². The molecule has 0 fully saturated rings. The summed E-state index contributed by atoms with van der Waals surface area (Å²) in [4.78, 5) is 20.5. The minimum absolute atomic E-state index is 0.0959. The van der Waals surface area contributed by atoms with E-state index in [1.807, 2.05) is 12.1 Å². The van der Waals surface area contributed by atoms with Crippen LogP contribution < -0.4 is 11.3 Å². The highest BCUT2D eigenvalue weighted by Gasteiger charge is 2.09. The number of hydrogen-bond acceptors (Lipinski definition) is 4. The van der Waals surface area contributed by atoms with Gasteiger partial charge in [0, 0.05) is 19.3 Å². The molecule has 0 radical (unpaired) electrons. The molecule has 0 unspecified atom stereocenters. The Labute approximate surface area is 99.3 Å². The highest BCUT2D eigenvalue weighted by molar-refractivity contribution is 5.69. The van der Waals surface area contributed by atoms with Crippen LogP contribution in [0.2, 0.25) is 0 Å². The fraction of sp³-hybridized carbons (Fsp3) is 0.417. The van der Waals surface area contributed by atoms with Crippen molar-refractivity contribution in [3.8, 4) is 0 Å². The molecule has 2 aromatic heterocycles. The lowest BCUT2D eigenvalue weighted by molar-refractivity contribution is 0.621. The van der Waals surface area contributed by atoms with E-state index in [2.05, 4.69) is 16.9 Å². The van der Waals surface area contributed by atoms with Crippen LogP contribution >= 0.6 is 0 Å². The number of nitrogens with two attached hydrogens (primary N) is 1. The van der Waals surface area contributed by atoms with E-state index in [9.17, 15) is 4.79 Å². The molecule has 0 spiro atoms. The normalized spacial score (nSPS) is 10.9. The largest absolute Gasteiger partial charge is 0.325 e. The van der Waals surface area contributed by atoms with Crippen LogP contribution in [0.5, 0.6) is 0 Å². The third-order valence-electron chi connectivity index (χ3n) is 2.72. The molecule has 0 saturated carbocycles. The van der Waals surface area contributed by atoms with Crippen LogP contribution in [0.3, 0.4) is 0 Å². The van der Waals surface area contributed by atoms with Gasteiger partial charge in [-0.25, -0.2) is 9.97 Å². The highest BCUT2D eigenvalue weighted by atomic mass is 16.1. The Kier molecular flexibility index (Phi) is 3.49. The van der Waals surface area contributed by atoms with Gasteiger partial charge < -0.3 is 10.3 Å². The molecule has 90 valence electrons. The van der Waals surface area contributed by atoms with Gasteiger partial charge in [-0.2, -0.15) is 0 Å². The van der Waals surface area contributed by atoms with E-state index >= 15 is 0 Å². The SMILES string of the molecule is CCCCn1c(=O)c(CN)nc2ncccc21. The molecule has 17 heavy (non-hydrogen) atoms. The molecule has 5 heteroatoms. The monoisotopic (exact) mass is 232 g/mol. The summed E-state index contributed by atoms with van der Waals surface area (Å²) in [5.41, 5.74) is 7.19. The van der Waals surface area contributed by atoms with Crippen molar-refractivity contribution in [3.63, 3.8) is 0 Å². The summed E-state index contributed by atoms with van der Waals surface area (Å²) in [6.07, 6.45) is 3.66. The summed E-state index contributed by atoms with van der Waals surface area (Å²) in [6.45, 7) is 2.93. The van der Waals surface area contributed by atoms with Crippen LogP contribution in [0.4, 0.5) is 0 Å². The first kappa shape index (κ1) is 11.7. The molecule has 2 N–H and O–H groups in total. The summed E-state index contributed by atoms with van der Waals surface area (Å²) < 4.78 is 1.72. The predicted octanol–water partition coefficient (Wildman–Crippen LogP) is 1.05. The van der Waals surface area contributed by atoms with Crippen molar-refractivity contribution in [2.75, 3.05) is 0 Å². The first-order valence-corrected chi connectivity index (χ1v) is 5.82. The van der Waals surface area contributed by atoms with E-state index in [1.54, 1.807) is 10.8 Å².